The fourth-order valence-electron chi connectivity index (χ4n) is 6.86. The summed E-state index contributed by atoms with van der Waals surface area (Å²) in [5.74, 6) is 0. The molecule has 0 radical (unpaired) electrons. The third kappa shape index (κ3) is 2.06. The fourth-order valence-corrected chi connectivity index (χ4v) is 6.86. The number of aryl methyl sites for hydroxylation is 2. The minimum atomic E-state index is 1.18. The Labute approximate surface area is 198 Å². The summed E-state index contributed by atoms with van der Waals surface area (Å²) < 4.78 is 0. The van der Waals surface area contributed by atoms with Crippen molar-refractivity contribution in [3.8, 4) is 22.3 Å². The largest absolute Gasteiger partial charge is 0.0683 e. The third-order valence-electron chi connectivity index (χ3n) is 8.20. The molecular formula is C34H24. The molecule has 0 heterocycles. The molecule has 2 aliphatic rings. The van der Waals surface area contributed by atoms with Gasteiger partial charge in [0.1, 0.15) is 0 Å². The molecule has 160 valence electrons. The Balaban J connectivity index is 0.000000913. The van der Waals surface area contributed by atoms with E-state index in [-0.39, 0.29) is 0 Å². The van der Waals surface area contributed by atoms with Crippen molar-refractivity contribution in [2.45, 2.75) is 26.7 Å². The highest BCUT2D eigenvalue weighted by molar-refractivity contribution is 6.37. The minimum Gasteiger partial charge on any atom is -0.0683 e. The molecule has 0 spiro atoms. The van der Waals surface area contributed by atoms with Crippen LogP contribution in [-0.4, -0.2) is 0 Å². The van der Waals surface area contributed by atoms with Gasteiger partial charge in [-0.25, -0.2) is 0 Å². The molecule has 0 nitrogen and oxygen atoms in total. The Morgan fingerprint density at radius 3 is 1.35 bits per heavy atom. The van der Waals surface area contributed by atoms with Gasteiger partial charge in [-0.2, -0.15) is 0 Å². The van der Waals surface area contributed by atoms with Gasteiger partial charge < -0.3 is 0 Å². The van der Waals surface area contributed by atoms with Gasteiger partial charge in [0.2, 0.25) is 0 Å². The molecule has 0 saturated carbocycles. The van der Waals surface area contributed by atoms with Gasteiger partial charge in [-0.15, -0.1) is 0 Å². The van der Waals surface area contributed by atoms with Crippen molar-refractivity contribution >= 4 is 53.9 Å². The second-order valence-electron chi connectivity index (χ2n) is 9.61. The number of hydrogen-bond acceptors (Lipinski definition) is 0. The first-order valence-electron chi connectivity index (χ1n) is 12.6. The van der Waals surface area contributed by atoms with Crippen LogP contribution in [0.15, 0.2) is 84.9 Å². The molecule has 0 aliphatic heterocycles. The maximum Gasteiger partial charge on any atom is -0.00139 e. The summed E-state index contributed by atoms with van der Waals surface area (Å²) in [6.07, 6.45) is 2.36. The standard InChI is InChI=1S/C32H18.C2H6/c1-2-4-20-16-28-26-14-12-24-22-10-8-18-6-5-17-7-9-21(30(22)29(17)18)23-11-13-25(32(26)31(23)24)27(28)15-19(20)3-1;1-2/h1-4,7-16H,5-6H2;1-2H3. The Morgan fingerprint density at radius 2 is 0.853 bits per heavy atom. The molecule has 7 aromatic carbocycles. The fraction of sp³-hybridized carbons (Fsp3) is 0.118. The highest BCUT2D eigenvalue weighted by Crippen LogP contribution is 2.53. The third-order valence-corrected chi connectivity index (χ3v) is 8.20. The van der Waals surface area contributed by atoms with E-state index in [2.05, 4.69) is 84.9 Å². The normalized spacial score (nSPS) is 13.4. The quantitative estimate of drug-likeness (QED) is 0.165. The summed E-state index contributed by atoms with van der Waals surface area (Å²) in [5.41, 5.74) is 8.58. The lowest BCUT2D eigenvalue weighted by atomic mass is 9.87. The summed E-state index contributed by atoms with van der Waals surface area (Å²) in [7, 11) is 0. The lowest BCUT2D eigenvalue weighted by molar-refractivity contribution is 1.02. The van der Waals surface area contributed by atoms with E-state index in [1.54, 1.807) is 0 Å². The van der Waals surface area contributed by atoms with Crippen LogP contribution < -0.4 is 0 Å². The topological polar surface area (TPSA) is 0 Å². The van der Waals surface area contributed by atoms with Gasteiger partial charge in [-0.05, 0) is 112 Å². The zero-order valence-electron chi connectivity index (χ0n) is 19.5. The predicted molar refractivity (Wildman–Crippen MR) is 148 cm³/mol. The smallest absolute Gasteiger partial charge is 0.00139 e. The van der Waals surface area contributed by atoms with Crippen LogP contribution in [0.1, 0.15) is 25.0 Å². The summed E-state index contributed by atoms with van der Waals surface area (Å²) in [5, 5.41) is 14.2. The van der Waals surface area contributed by atoms with E-state index in [1.165, 1.54) is 100 Å². The summed E-state index contributed by atoms with van der Waals surface area (Å²) >= 11 is 0. The molecule has 7 aromatic rings. The van der Waals surface area contributed by atoms with Gasteiger partial charge in [0.05, 0.1) is 0 Å². The molecule has 0 unspecified atom stereocenters. The number of rotatable bonds is 0. The lowest BCUT2D eigenvalue weighted by Crippen LogP contribution is -1.89. The van der Waals surface area contributed by atoms with Crippen molar-refractivity contribution in [2.75, 3.05) is 0 Å². The van der Waals surface area contributed by atoms with Crippen LogP contribution in [-0.2, 0) is 12.8 Å². The Bertz CT molecular complexity index is 1830. The van der Waals surface area contributed by atoms with E-state index >= 15 is 0 Å². The van der Waals surface area contributed by atoms with Crippen molar-refractivity contribution in [1.82, 2.24) is 0 Å². The summed E-state index contributed by atoms with van der Waals surface area (Å²) in [6.45, 7) is 4.00. The van der Waals surface area contributed by atoms with Gasteiger partial charge in [0.15, 0.2) is 0 Å². The molecule has 2 aliphatic carbocycles. The number of benzene rings is 7. The van der Waals surface area contributed by atoms with E-state index in [0.29, 0.717) is 0 Å². The lowest BCUT2D eigenvalue weighted by Gasteiger charge is -2.16. The van der Waals surface area contributed by atoms with Crippen LogP contribution in [0.3, 0.4) is 0 Å². The summed E-state index contributed by atoms with van der Waals surface area (Å²) in [4.78, 5) is 0. The molecule has 0 bridgehead atoms. The molecule has 34 heavy (non-hydrogen) atoms. The maximum absolute atomic E-state index is 2.39. The average molecular weight is 433 g/mol. The number of hydrogen-bond donors (Lipinski definition) is 0. The molecule has 0 fully saturated rings. The van der Waals surface area contributed by atoms with E-state index in [1.807, 2.05) is 13.8 Å². The first-order chi connectivity index (χ1) is 16.9. The van der Waals surface area contributed by atoms with Crippen molar-refractivity contribution in [1.29, 1.82) is 0 Å². The zero-order valence-corrected chi connectivity index (χ0v) is 19.5. The van der Waals surface area contributed by atoms with E-state index < -0.39 is 0 Å². The molecule has 0 saturated heterocycles. The second kappa shape index (κ2) is 6.36. The van der Waals surface area contributed by atoms with Gasteiger partial charge in [-0.3, -0.25) is 0 Å². The molecule has 0 aromatic heterocycles. The average Bonchev–Trinajstić information content (AvgIpc) is 3.47. The van der Waals surface area contributed by atoms with Crippen LogP contribution in [0.4, 0.5) is 0 Å². The van der Waals surface area contributed by atoms with Crippen molar-refractivity contribution in [2.24, 2.45) is 0 Å². The van der Waals surface area contributed by atoms with Crippen molar-refractivity contribution < 1.29 is 0 Å². The minimum absolute atomic E-state index is 1.18. The molecule has 9 rings (SSSR count). The van der Waals surface area contributed by atoms with Crippen LogP contribution in [0.2, 0.25) is 0 Å². The molecule has 0 atom stereocenters. The predicted octanol–water partition coefficient (Wildman–Crippen LogP) is 9.66. The Kier molecular flexibility index (Phi) is 3.46. The van der Waals surface area contributed by atoms with E-state index in [4.69, 9.17) is 0 Å². The molecule has 0 heteroatoms. The number of fused-ring (bicyclic) bond motifs is 6. The highest BCUT2D eigenvalue weighted by atomic mass is 14.3. The van der Waals surface area contributed by atoms with Crippen LogP contribution >= 0.6 is 0 Å². The molecule has 0 amide bonds. The highest BCUT2D eigenvalue weighted by Gasteiger charge is 2.26. The van der Waals surface area contributed by atoms with Crippen molar-refractivity contribution in [3.05, 3.63) is 96.1 Å². The maximum atomic E-state index is 2.39. The zero-order chi connectivity index (χ0) is 22.6. The van der Waals surface area contributed by atoms with Crippen LogP contribution in [0.25, 0.3) is 76.1 Å². The van der Waals surface area contributed by atoms with Crippen LogP contribution in [0.5, 0.6) is 0 Å². The molecule has 0 N–H and O–H groups in total. The van der Waals surface area contributed by atoms with Gasteiger partial charge in [-0.1, -0.05) is 86.6 Å². The van der Waals surface area contributed by atoms with Gasteiger partial charge in [0, 0.05) is 0 Å². The van der Waals surface area contributed by atoms with E-state index in [9.17, 15) is 0 Å². The van der Waals surface area contributed by atoms with Crippen LogP contribution in [0, 0.1) is 0 Å². The first-order valence-corrected chi connectivity index (χ1v) is 12.6. The monoisotopic (exact) mass is 432 g/mol. The summed E-state index contributed by atoms with van der Waals surface area (Å²) in [6, 6.07) is 32.6. The van der Waals surface area contributed by atoms with Gasteiger partial charge >= 0.3 is 0 Å². The Hall–Kier alpha value is -3.90. The first kappa shape index (κ1) is 18.5. The second-order valence-corrected chi connectivity index (χ2v) is 9.61. The molecular weight excluding hydrogens is 408 g/mol. The van der Waals surface area contributed by atoms with Gasteiger partial charge in [0.25, 0.3) is 0 Å². The Morgan fingerprint density at radius 1 is 0.412 bits per heavy atom. The van der Waals surface area contributed by atoms with E-state index in [0.717, 1.165) is 0 Å². The van der Waals surface area contributed by atoms with Crippen molar-refractivity contribution in [3.63, 3.8) is 0 Å². The SMILES string of the molecule is CC.c1ccc2cc3c(cc2c1)-c1ccc2c4ccc5c6c(ccc(c7ccc-3c1c27)c64)CC5.